The van der Waals surface area contributed by atoms with Crippen molar-refractivity contribution in [2.45, 2.75) is 49.9 Å². The Kier molecular flexibility index (Phi) is 3.62. The lowest BCUT2D eigenvalue weighted by Crippen LogP contribution is -2.25. The van der Waals surface area contributed by atoms with E-state index < -0.39 is 0 Å². The largest absolute Gasteiger partial charge is 0.0850 e. The molecule has 0 aromatic heterocycles. The molecule has 1 atom stereocenters. The molecule has 0 N–H and O–H groups in total. The Morgan fingerprint density at radius 3 is 2.58 bits per heavy atom. The minimum Gasteiger partial charge on any atom is -0.0850 e. The molecule has 0 nitrogen and oxygen atoms in total. The normalized spacial score (nSPS) is 25.3. The van der Waals surface area contributed by atoms with E-state index in [-0.39, 0.29) is 0 Å². The van der Waals surface area contributed by atoms with E-state index in [0.717, 1.165) is 5.92 Å². The Hall–Kier alpha value is 0.470. The molecule has 0 aromatic carbocycles. The van der Waals surface area contributed by atoms with Crippen LogP contribution in [0.1, 0.15) is 46.5 Å². The second-order valence-electron chi connectivity index (χ2n) is 4.25. The first-order valence-corrected chi connectivity index (χ1v) is 5.98. The number of allylic oxidation sites excluding steroid dienone is 2. The van der Waals surface area contributed by atoms with Gasteiger partial charge < -0.3 is 0 Å². The Morgan fingerprint density at radius 2 is 2.25 bits per heavy atom. The second kappa shape index (κ2) is 4.12. The Bertz CT molecular complexity index is 174. The number of rotatable bonds is 2. The van der Waals surface area contributed by atoms with Crippen molar-refractivity contribution in [1.82, 2.24) is 0 Å². The molecule has 0 saturated heterocycles. The average molecular weight is 278 g/mol. The monoisotopic (exact) mass is 278 g/mol. The van der Waals surface area contributed by atoms with E-state index in [1.54, 1.807) is 5.57 Å². The van der Waals surface area contributed by atoms with Crippen LogP contribution in [-0.2, 0) is 0 Å². The third kappa shape index (κ3) is 2.75. The summed E-state index contributed by atoms with van der Waals surface area (Å²) in [6.45, 7) is 6.97. The predicted octanol–water partition coefficient (Wildman–Crippen LogP) is 4.34. The lowest BCUT2D eigenvalue weighted by atomic mass is 9.82. The average Bonchev–Trinajstić information content (AvgIpc) is 2.03. The summed E-state index contributed by atoms with van der Waals surface area (Å²) in [6.07, 6.45) is 7.77. The molecule has 0 fully saturated rings. The minimum atomic E-state index is 0.480. The molecular weight excluding hydrogens is 259 g/mol. The summed E-state index contributed by atoms with van der Waals surface area (Å²) in [5.74, 6) is 0.897. The molecule has 1 heteroatoms. The number of hydrogen-bond donors (Lipinski definition) is 0. The van der Waals surface area contributed by atoms with Crippen molar-refractivity contribution >= 4 is 22.6 Å². The third-order valence-electron chi connectivity index (χ3n) is 2.93. The fraction of sp³-hybridized carbons (Fsp3) is 0.818. The summed E-state index contributed by atoms with van der Waals surface area (Å²) in [4.78, 5) is 0. The molecule has 0 radical (unpaired) electrons. The molecule has 0 saturated carbocycles. The Balaban J connectivity index is 2.52. The summed E-state index contributed by atoms with van der Waals surface area (Å²) < 4.78 is 0.480. The SMILES string of the molecule is CCC1=CCC(C(C)(C)I)CC1. The van der Waals surface area contributed by atoms with Gasteiger partial charge in [0.15, 0.2) is 0 Å². The van der Waals surface area contributed by atoms with Crippen LogP contribution < -0.4 is 0 Å². The molecule has 0 heterocycles. The van der Waals surface area contributed by atoms with Gasteiger partial charge in [0, 0.05) is 3.42 Å². The summed E-state index contributed by atoms with van der Waals surface area (Å²) in [6, 6.07) is 0. The predicted molar refractivity (Wildman–Crippen MR) is 63.8 cm³/mol. The minimum absolute atomic E-state index is 0.480. The molecule has 1 aliphatic rings. The smallest absolute Gasteiger partial charge is 0.0197 e. The van der Waals surface area contributed by atoms with Gasteiger partial charge in [-0.15, -0.1) is 0 Å². The maximum absolute atomic E-state index is 2.59. The van der Waals surface area contributed by atoms with Crippen LogP contribution >= 0.6 is 22.6 Å². The first-order valence-electron chi connectivity index (χ1n) is 4.91. The highest BCUT2D eigenvalue weighted by Gasteiger charge is 2.27. The van der Waals surface area contributed by atoms with Gasteiger partial charge in [-0.05, 0) is 31.6 Å². The van der Waals surface area contributed by atoms with Crippen LogP contribution in [0.2, 0.25) is 0 Å². The van der Waals surface area contributed by atoms with Gasteiger partial charge in [0.05, 0.1) is 0 Å². The first-order chi connectivity index (χ1) is 5.54. The molecule has 0 aliphatic heterocycles. The highest BCUT2D eigenvalue weighted by Crippen LogP contribution is 2.37. The molecular formula is C11H19I. The van der Waals surface area contributed by atoms with Crippen molar-refractivity contribution in [2.24, 2.45) is 5.92 Å². The van der Waals surface area contributed by atoms with E-state index >= 15 is 0 Å². The zero-order valence-electron chi connectivity index (χ0n) is 8.36. The van der Waals surface area contributed by atoms with E-state index in [1.165, 1.54) is 25.7 Å². The van der Waals surface area contributed by atoms with Gasteiger partial charge >= 0.3 is 0 Å². The third-order valence-corrected chi connectivity index (χ3v) is 3.81. The maximum Gasteiger partial charge on any atom is 0.0197 e. The number of alkyl halides is 1. The van der Waals surface area contributed by atoms with Crippen molar-refractivity contribution in [3.63, 3.8) is 0 Å². The van der Waals surface area contributed by atoms with Gasteiger partial charge in [-0.2, -0.15) is 0 Å². The topological polar surface area (TPSA) is 0 Å². The fourth-order valence-corrected chi connectivity index (χ4v) is 2.40. The lowest BCUT2D eigenvalue weighted by Gasteiger charge is -2.31. The molecule has 1 unspecified atom stereocenters. The van der Waals surface area contributed by atoms with Crippen LogP contribution in [0.4, 0.5) is 0 Å². The van der Waals surface area contributed by atoms with E-state index in [0.29, 0.717) is 3.42 Å². The van der Waals surface area contributed by atoms with Crippen LogP contribution in [0.25, 0.3) is 0 Å². The van der Waals surface area contributed by atoms with Gasteiger partial charge in [-0.1, -0.05) is 55.0 Å². The zero-order valence-corrected chi connectivity index (χ0v) is 10.5. The summed E-state index contributed by atoms with van der Waals surface area (Å²) in [5, 5.41) is 0. The van der Waals surface area contributed by atoms with Crippen LogP contribution in [0.3, 0.4) is 0 Å². The molecule has 70 valence electrons. The molecule has 0 amide bonds. The van der Waals surface area contributed by atoms with Gasteiger partial charge in [0.25, 0.3) is 0 Å². The van der Waals surface area contributed by atoms with E-state index in [9.17, 15) is 0 Å². The standard InChI is InChI=1S/C11H19I/c1-4-9-5-7-10(8-6-9)11(2,3)12/h5,10H,4,6-8H2,1-3H3. The lowest BCUT2D eigenvalue weighted by molar-refractivity contribution is 0.397. The zero-order chi connectivity index (χ0) is 9.19. The molecule has 0 spiro atoms. The molecule has 0 aromatic rings. The summed E-state index contributed by atoms with van der Waals surface area (Å²) in [7, 11) is 0. The molecule has 0 bridgehead atoms. The molecule has 1 aliphatic carbocycles. The highest BCUT2D eigenvalue weighted by atomic mass is 127. The van der Waals surface area contributed by atoms with Crippen LogP contribution in [0.5, 0.6) is 0 Å². The van der Waals surface area contributed by atoms with Crippen molar-refractivity contribution in [3.8, 4) is 0 Å². The number of hydrogen-bond acceptors (Lipinski definition) is 0. The Labute approximate surface area is 90.0 Å². The molecule has 12 heavy (non-hydrogen) atoms. The van der Waals surface area contributed by atoms with Gasteiger partial charge in [0.1, 0.15) is 0 Å². The van der Waals surface area contributed by atoms with Crippen molar-refractivity contribution in [1.29, 1.82) is 0 Å². The van der Waals surface area contributed by atoms with E-state index in [1.807, 2.05) is 0 Å². The van der Waals surface area contributed by atoms with Crippen LogP contribution in [0.15, 0.2) is 11.6 Å². The molecule has 1 rings (SSSR count). The van der Waals surface area contributed by atoms with E-state index in [4.69, 9.17) is 0 Å². The highest BCUT2D eigenvalue weighted by molar-refractivity contribution is 14.1. The van der Waals surface area contributed by atoms with Gasteiger partial charge in [-0.25, -0.2) is 0 Å². The Morgan fingerprint density at radius 1 is 1.58 bits per heavy atom. The second-order valence-corrected chi connectivity index (χ2v) is 7.03. The van der Waals surface area contributed by atoms with Crippen molar-refractivity contribution < 1.29 is 0 Å². The van der Waals surface area contributed by atoms with Gasteiger partial charge in [0.2, 0.25) is 0 Å². The maximum atomic E-state index is 2.59. The quantitative estimate of drug-likeness (QED) is 0.400. The van der Waals surface area contributed by atoms with Crippen molar-refractivity contribution in [2.75, 3.05) is 0 Å². The van der Waals surface area contributed by atoms with Crippen LogP contribution in [0, 0.1) is 5.92 Å². The van der Waals surface area contributed by atoms with Gasteiger partial charge in [-0.3, -0.25) is 0 Å². The summed E-state index contributed by atoms with van der Waals surface area (Å²) in [5.41, 5.74) is 1.67. The first kappa shape index (κ1) is 10.6. The number of halogens is 1. The van der Waals surface area contributed by atoms with Crippen molar-refractivity contribution in [3.05, 3.63) is 11.6 Å². The summed E-state index contributed by atoms with van der Waals surface area (Å²) >= 11 is 2.59. The fourth-order valence-electron chi connectivity index (χ4n) is 1.83. The van der Waals surface area contributed by atoms with Crippen LogP contribution in [-0.4, -0.2) is 3.42 Å². The van der Waals surface area contributed by atoms with E-state index in [2.05, 4.69) is 49.4 Å².